The van der Waals surface area contributed by atoms with Gasteiger partial charge < -0.3 is 14.8 Å². The number of ether oxygens (including phenoxy) is 2. The monoisotopic (exact) mass is 496 g/mol. The van der Waals surface area contributed by atoms with Crippen molar-refractivity contribution in [2.45, 2.75) is 38.1 Å². The summed E-state index contributed by atoms with van der Waals surface area (Å²) in [6.45, 7) is 3.75. The summed E-state index contributed by atoms with van der Waals surface area (Å²) < 4.78 is 39.1. The maximum absolute atomic E-state index is 13.7. The van der Waals surface area contributed by atoms with E-state index >= 15 is 0 Å². The van der Waals surface area contributed by atoms with Crippen molar-refractivity contribution in [3.63, 3.8) is 0 Å². The zero-order valence-electron chi connectivity index (χ0n) is 20.6. The molecule has 3 aromatic rings. The smallest absolute Gasteiger partial charge is 0.243 e. The van der Waals surface area contributed by atoms with E-state index in [-0.39, 0.29) is 18.0 Å². The molecule has 0 fully saturated rings. The summed E-state index contributed by atoms with van der Waals surface area (Å²) in [6.07, 6.45) is 1.50. The Morgan fingerprint density at radius 2 is 1.49 bits per heavy atom. The first kappa shape index (κ1) is 26.2. The van der Waals surface area contributed by atoms with E-state index in [1.54, 1.807) is 0 Å². The van der Waals surface area contributed by atoms with Gasteiger partial charge in [-0.2, -0.15) is 4.31 Å². The van der Waals surface area contributed by atoms with Gasteiger partial charge in [0.25, 0.3) is 0 Å². The lowest BCUT2D eigenvalue weighted by Crippen LogP contribution is -2.37. The zero-order chi connectivity index (χ0) is 25.4. The summed E-state index contributed by atoms with van der Waals surface area (Å²) in [5.41, 5.74) is 3.54. The number of hydrogen-bond donors (Lipinski definition) is 1. The Morgan fingerprint density at radius 3 is 2.06 bits per heavy atom. The first-order chi connectivity index (χ1) is 16.8. The van der Waals surface area contributed by atoms with Gasteiger partial charge in [0.15, 0.2) is 11.5 Å². The molecule has 0 atom stereocenters. The van der Waals surface area contributed by atoms with Gasteiger partial charge in [0.2, 0.25) is 15.9 Å². The van der Waals surface area contributed by atoms with Gasteiger partial charge in [0, 0.05) is 18.3 Å². The first-order valence-electron chi connectivity index (χ1n) is 11.5. The minimum absolute atomic E-state index is 0.0158. The normalized spacial score (nSPS) is 11.3. The van der Waals surface area contributed by atoms with Crippen molar-refractivity contribution in [2.24, 2.45) is 0 Å². The molecule has 0 heterocycles. The highest BCUT2D eigenvalue weighted by molar-refractivity contribution is 7.89. The summed E-state index contributed by atoms with van der Waals surface area (Å²) >= 11 is 0. The lowest BCUT2D eigenvalue weighted by molar-refractivity contribution is -0.116. The molecule has 7 nitrogen and oxygen atoms in total. The second kappa shape index (κ2) is 11.9. The number of hydrogen-bond acceptors (Lipinski definition) is 5. The molecule has 35 heavy (non-hydrogen) atoms. The van der Waals surface area contributed by atoms with Gasteiger partial charge in [-0.15, -0.1) is 0 Å². The van der Waals surface area contributed by atoms with Gasteiger partial charge in [0.1, 0.15) is 0 Å². The van der Waals surface area contributed by atoms with E-state index in [1.807, 2.05) is 62.4 Å². The number of carbonyl (C=O) groups excluding carboxylic acids is 1. The highest BCUT2D eigenvalue weighted by Gasteiger charge is 2.28. The Labute approximate surface area is 207 Å². The molecule has 0 unspecified atom stereocenters. The van der Waals surface area contributed by atoms with Crippen molar-refractivity contribution in [3.05, 3.63) is 83.4 Å². The highest BCUT2D eigenvalue weighted by Crippen LogP contribution is 2.31. The standard InChI is InChI=1S/C27H32N2O5S/c1-5-21-13-10-14-22(6-2)27(21)28-26(30)19-29(18-20-11-8-7-9-12-20)35(31,32)23-15-16-24(33-3)25(17-23)34-4/h7-17H,5-6,18-19H2,1-4H3,(H,28,30). The summed E-state index contributed by atoms with van der Waals surface area (Å²) in [7, 11) is -1.11. The number of nitrogens with zero attached hydrogens (tertiary/aromatic N) is 1. The lowest BCUT2D eigenvalue weighted by atomic mass is 10.0. The number of nitrogens with one attached hydrogen (secondary N) is 1. The topological polar surface area (TPSA) is 84.9 Å². The Hall–Kier alpha value is -3.36. The molecule has 0 saturated carbocycles. The third-order valence-corrected chi connectivity index (χ3v) is 7.57. The molecule has 0 aliphatic rings. The quantitative estimate of drug-likeness (QED) is 0.417. The van der Waals surface area contributed by atoms with Gasteiger partial charge in [-0.1, -0.05) is 62.4 Å². The molecule has 8 heteroatoms. The van der Waals surface area contributed by atoms with Crippen LogP contribution in [-0.4, -0.2) is 39.4 Å². The maximum atomic E-state index is 13.7. The average Bonchev–Trinajstić information content (AvgIpc) is 2.88. The van der Waals surface area contributed by atoms with Crippen LogP contribution in [0.2, 0.25) is 0 Å². The van der Waals surface area contributed by atoms with Crippen molar-refractivity contribution in [1.82, 2.24) is 4.31 Å². The molecule has 0 spiro atoms. The van der Waals surface area contributed by atoms with Crippen LogP contribution in [0.15, 0.2) is 71.6 Å². The van der Waals surface area contributed by atoms with Crippen LogP contribution in [-0.2, 0) is 34.2 Å². The fourth-order valence-corrected chi connectivity index (χ4v) is 5.28. The molecule has 186 valence electrons. The van der Waals surface area contributed by atoms with E-state index in [0.29, 0.717) is 11.5 Å². The fourth-order valence-electron chi connectivity index (χ4n) is 3.88. The third kappa shape index (κ3) is 6.21. The summed E-state index contributed by atoms with van der Waals surface area (Å²) in [5.74, 6) is 0.310. The molecule has 0 aromatic heterocycles. The molecule has 0 bridgehead atoms. The van der Waals surface area contributed by atoms with E-state index in [2.05, 4.69) is 5.32 Å². The van der Waals surface area contributed by atoms with Crippen LogP contribution in [0.25, 0.3) is 0 Å². The number of sulfonamides is 1. The molecule has 1 amide bonds. The Kier molecular flexibility index (Phi) is 8.89. The summed E-state index contributed by atoms with van der Waals surface area (Å²) in [4.78, 5) is 13.2. The molecule has 0 aliphatic carbocycles. The van der Waals surface area contributed by atoms with Gasteiger partial charge in [-0.3, -0.25) is 4.79 Å². The second-order valence-corrected chi connectivity index (χ2v) is 9.92. The van der Waals surface area contributed by atoms with Crippen molar-refractivity contribution < 1.29 is 22.7 Å². The van der Waals surface area contributed by atoms with Crippen molar-refractivity contribution in [2.75, 3.05) is 26.1 Å². The Morgan fingerprint density at radius 1 is 0.857 bits per heavy atom. The number of benzene rings is 3. The van der Waals surface area contributed by atoms with Crippen LogP contribution in [0.3, 0.4) is 0 Å². The minimum atomic E-state index is -4.04. The molecular formula is C27H32N2O5S. The van der Waals surface area contributed by atoms with Crippen molar-refractivity contribution in [3.8, 4) is 11.5 Å². The molecule has 3 aromatic carbocycles. The second-order valence-electron chi connectivity index (χ2n) is 7.98. The predicted octanol–water partition coefficient (Wildman–Crippen LogP) is 4.66. The maximum Gasteiger partial charge on any atom is 0.243 e. The van der Waals surface area contributed by atoms with Crippen LogP contribution in [0.1, 0.15) is 30.5 Å². The Bertz CT molecular complexity index is 1240. The van der Waals surface area contributed by atoms with E-state index in [4.69, 9.17) is 9.47 Å². The number of amides is 1. The van der Waals surface area contributed by atoms with Crippen molar-refractivity contribution in [1.29, 1.82) is 0 Å². The number of anilines is 1. The van der Waals surface area contributed by atoms with E-state index in [1.165, 1.54) is 36.7 Å². The molecule has 0 radical (unpaired) electrons. The van der Waals surface area contributed by atoms with Crippen molar-refractivity contribution >= 4 is 21.6 Å². The molecule has 0 aliphatic heterocycles. The SMILES string of the molecule is CCc1cccc(CC)c1NC(=O)CN(Cc1ccccc1)S(=O)(=O)c1ccc(OC)c(OC)c1. The first-order valence-corrected chi connectivity index (χ1v) is 12.9. The highest BCUT2D eigenvalue weighted by atomic mass is 32.2. The number of carbonyl (C=O) groups is 1. The third-order valence-electron chi connectivity index (χ3n) is 5.78. The van der Waals surface area contributed by atoms with E-state index < -0.39 is 15.9 Å². The molecule has 0 saturated heterocycles. The molecular weight excluding hydrogens is 464 g/mol. The van der Waals surface area contributed by atoms with Gasteiger partial charge >= 0.3 is 0 Å². The Balaban J connectivity index is 1.96. The van der Waals surface area contributed by atoms with Crippen LogP contribution in [0, 0.1) is 0 Å². The van der Waals surface area contributed by atoms with Gasteiger partial charge in [-0.25, -0.2) is 8.42 Å². The largest absolute Gasteiger partial charge is 0.493 e. The molecule has 1 N–H and O–H groups in total. The fraction of sp³-hybridized carbons (Fsp3) is 0.296. The van der Waals surface area contributed by atoms with Crippen LogP contribution < -0.4 is 14.8 Å². The van der Waals surface area contributed by atoms with Gasteiger partial charge in [-0.05, 0) is 41.7 Å². The van der Waals surface area contributed by atoms with E-state index in [0.717, 1.165) is 35.2 Å². The number of aryl methyl sites for hydroxylation is 2. The number of para-hydroxylation sites is 1. The number of methoxy groups -OCH3 is 2. The van der Waals surface area contributed by atoms with Crippen LogP contribution >= 0.6 is 0 Å². The van der Waals surface area contributed by atoms with Gasteiger partial charge in [0.05, 0.1) is 25.7 Å². The number of rotatable bonds is 11. The zero-order valence-corrected chi connectivity index (χ0v) is 21.4. The van der Waals surface area contributed by atoms with Crippen LogP contribution in [0.5, 0.6) is 11.5 Å². The van der Waals surface area contributed by atoms with Crippen LogP contribution in [0.4, 0.5) is 5.69 Å². The van der Waals surface area contributed by atoms with E-state index in [9.17, 15) is 13.2 Å². The lowest BCUT2D eigenvalue weighted by Gasteiger charge is -2.23. The average molecular weight is 497 g/mol. The minimum Gasteiger partial charge on any atom is -0.493 e. The summed E-state index contributed by atoms with van der Waals surface area (Å²) in [6, 6.07) is 19.5. The molecule has 3 rings (SSSR count). The predicted molar refractivity (Wildman–Crippen MR) is 137 cm³/mol. The summed E-state index contributed by atoms with van der Waals surface area (Å²) in [5, 5.41) is 2.97.